The zero-order chi connectivity index (χ0) is 13.4. The predicted molar refractivity (Wildman–Crippen MR) is 66.7 cm³/mol. The molecule has 0 aromatic carbocycles. The van der Waals surface area contributed by atoms with Gasteiger partial charge in [-0.2, -0.15) is 0 Å². The Morgan fingerprint density at radius 2 is 1.74 bits per heavy atom. The third kappa shape index (κ3) is 6.66. The van der Waals surface area contributed by atoms with E-state index in [2.05, 4.69) is 0 Å². The van der Waals surface area contributed by atoms with Gasteiger partial charge in [0.2, 0.25) is 5.91 Å². The molecule has 1 rings (SSSR count). The number of nitrogens with zero attached hydrogens (tertiary/aromatic N) is 2. The summed E-state index contributed by atoms with van der Waals surface area (Å²) < 4.78 is 1.95. The van der Waals surface area contributed by atoms with Crippen LogP contribution >= 0.6 is 0 Å². The fourth-order valence-electron chi connectivity index (χ4n) is 1.67. The van der Waals surface area contributed by atoms with Crippen molar-refractivity contribution in [1.29, 1.82) is 0 Å². The molecule has 5 nitrogen and oxygen atoms in total. The van der Waals surface area contributed by atoms with Crippen molar-refractivity contribution in [2.24, 2.45) is 0 Å². The molecule has 108 valence electrons. The minimum atomic E-state index is -0.0799. The van der Waals surface area contributed by atoms with E-state index in [9.17, 15) is 4.79 Å². The molecule has 6 heteroatoms. The molecule has 0 saturated heterocycles. The minimum absolute atomic E-state index is 0. The van der Waals surface area contributed by atoms with Crippen molar-refractivity contribution in [2.45, 2.75) is 19.9 Å². The number of hydrogen-bond donors (Lipinski definition) is 2. The topological polar surface area (TPSA) is 64.7 Å². The molecule has 0 bridgehead atoms. The number of hydrogen-bond acceptors (Lipinski definition) is 3. The molecule has 1 aromatic rings. The first-order chi connectivity index (χ1) is 8.67. The van der Waals surface area contributed by atoms with Crippen LogP contribution in [0, 0.1) is 6.92 Å². The maximum absolute atomic E-state index is 11.9. The summed E-state index contributed by atoms with van der Waals surface area (Å²) in [5.74, 6) is -0.0498. The van der Waals surface area contributed by atoms with E-state index in [0.717, 1.165) is 0 Å². The summed E-state index contributed by atoms with van der Waals surface area (Å²) in [7, 11) is 0. The zero-order valence-corrected chi connectivity index (χ0v) is 12.7. The largest absolute Gasteiger partial charge is 1.00 e. The molecule has 0 radical (unpaired) electrons. The molecule has 2 N–H and O–H groups in total. The number of pyridine rings is 1. The second kappa shape index (κ2) is 9.89. The molecule has 0 aliphatic heterocycles. The van der Waals surface area contributed by atoms with E-state index in [1.807, 2.05) is 36.0 Å². The lowest BCUT2D eigenvalue weighted by Crippen LogP contribution is -3.00. The van der Waals surface area contributed by atoms with Crippen LogP contribution in [0.3, 0.4) is 0 Å². The minimum Gasteiger partial charge on any atom is -1.00 e. The van der Waals surface area contributed by atoms with E-state index < -0.39 is 0 Å². The number of aliphatic hydroxyl groups excluding tert-OH is 2. The van der Waals surface area contributed by atoms with Gasteiger partial charge in [-0.25, -0.2) is 4.57 Å². The lowest BCUT2D eigenvalue weighted by atomic mass is 10.3. The van der Waals surface area contributed by atoms with Gasteiger partial charge in [-0.1, -0.05) is 0 Å². The Kier molecular flexibility index (Phi) is 9.38. The molecule has 0 aliphatic carbocycles. The van der Waals surface area contributed by atoms with Crippen molar-refractivity contribution in [3.8, 4) is 0 Å². The number of aromatic nitrogens is 1. The smallest absolute Gasteiger partial charge is 0.229 e. The normalized spacial score (nSPS) is 9.84. The fraction of sp³-hybridized carbons (Fsp3) is 0.538. The quantitative estimate of drug-likeness (QED) is 0.509. The van der Waals surface area contributed by atoms with Gasteiger partial charge in [0.1, 0.15) is 0 Å². The lowest BCUT2D eigenvalue weighted by molar-refractivity contribution is -0.696. The van der Waals surface area contributed by atoms with E-state index in [0.29, 0.717) is 13.0 Å². The maximum Gasteiger partial charge on any atom is 0.229 e. The Morgan fingerprint density at radius 1 is 1.21 bits per heavy atom. The Bertz CT molecular complexity index is 365. The molecule has 0 saturated carbocycles. The highest BCUT2D eigenvalue weighted by Gasteiger charge is 2.14. The highest BCUT2D eigenvalue weighted by atomic mass is 79.9. The van der Waals surface area contributed by atoms with Gasteiger partial charge in [-0.3, -0.25) is 4.79 Å². The average molecular weight is 333 g/mol. The Labute approximate surface area is 124 Å². The summed E-state index contributed by atoms with van der Waals surface area (Å²) in [5.41, 5.74) is 1.18. The standard InChI is InChI=1S/C13H21N2O3.BrH/c1-12-2-5-14(6-3-12)7-4-13(18)15(8-10-16)9-11-17;/h2-3,5-6,16-17H,4,7-11H2,1H3;1H/q+1;/p-1. The Balaban J connectivity index is 0.00000324. The van der Waals surface area contributed by atoms with Gasteiger partial charge in [-0.05, 0) is 12.5 Å². The summed E-state index contributed by atoms with van der Waals surface area (Å²) in [6, 6.07) is 3.98. The van der Waals surface area contributed by atoms with Crippen molar-refractivity contribution >= 4 is 5.91 Å². The molecule has 0 atom stereocenters. The van der Waals surface area contributed by atoms with Crippen molar-refractivity contribution < 1.29 is 36.6 Å². The van der Waals surface area contributed by atoms with Crippen molar-refractivity contribution in [3.63, 3.8) is 0 Å². The van der Waals surface area contributed by atoms with Gasteiger partial charge < -0.3 is 32.1 Å². The molecule has 0 aliphatic rings. The first kappa shape index (κ1) is 18.0. The van der Waals surface area contributed by atoms with Crippen LogP contribution in [-0.4, -0.2) is 47.3 Å². The number of aryl methyl sites for hydroxylation is 2. The van der Waals surface area contributed by atoms with Crippen LogP contribution in [0.2, 0.25) is 0 Å². The van der Waals surface area contributed by atoms with Gasteiger partial charge in [0.25, 0.3) is 0 Å². The fourth-order valence-corrected chi connectivity index (χ4v) is 1.67. The van der Waals surface area contributed by atoms with Crippen LogP contribution in [-0.2, 0) is 11.3 Å². The van der Waals surface area contributed by atoms with Crippen LogP contribution in [0.5, 0.6) is 0 Å². The molecular formula is C13H21BrN2O3. The second-order valence-corrected chi connectivity index (χ2v) is 4.19. The monoisotopic (exact) mass is 332 g/mol. The molecule has 0 spiro atoms. The van der Waals surface area contributed by atoms with Crippen LogP contribution in [0.25, 0.3) is 0 Å². The zero-order valence-electron chi connectivity index (χ0n) is 11.1. The van der Waals surface area contributed by atoms with Gasteiger partial charge in [0.05, 0.1) is 19.6 Å². The maximum atomic E-state index is 11.9. The van der Waals surface area contributed by atoms with Crippen LogP contribution in [0.15, 0.2) is 24.5 Å². The first-order valence-corrected chi connectivity index (χ1v) is 6.12. The van der Waals surface area contributed by atoms with Crippen LogP contribution in [0.1, 0.15) is 12.0 Å². The molecule has 19 heavy (non-hydrogen) atoms. The van der Waals surface area contributed by atoms with Gasteiger partial charge in [-0.15, -0.1) is 0 Å². The van der Waals surface area contributed by atoms with E-state index in [1.165, 1.54) is 10.5 Å². The number of aliphatic hydroxyl groups is 2. The predicted octanol–water partition coefficient (Wildman–Crippen LogP) is -3.51. The Morgan fingerprint density at radius 3 is 2.21 bits per heavy atom. The summed E-state index contributed by atoms with van der Waals surface area (Å²) in [4.78, 5) is 13.3. The van der Waals surface area contributed by atoms with Crippen molar-refractivity contribution in [1.82, 2.24) is 4.90 Å². The highest BCUT2D eigenvalue weighted by molar-refractivity contribution is 5.75. The van der Waals surface area contributed by atoms with Crippen molar-refractivity contribution in [2.75, 3.05) is 26.3 Å². The number of halogens is 1. The molecule has 1 amide bonds. The highest BCUT2D eigenvalue weighted by Crippen LogP contribution is 1.95. The number of carbonyl (C=O) groups is 1. The van der Waals surface area contributed by atoms with Crippen LogP contribution in [0.4, 0.5) is 0 Å². The average Bonchev–Trinajstić information content (AvgIpc) is 2.37. The first-order valence-electron chi connectivity index (χ1n) is 6.12. The molecule has 0 unspecified atom stereocenters. The van der Waals surface area contributed by atoms with Gasteiger partial charge in [0.15, 0.2) is 18.9 Å². The van der Waals surface area contributed by atoms with E-state index in [4.69, 9.17) is 10.2 Å². The summed E-state index contributed by atoms with van der Waals surface area (Å²) in [6.45, 7) is 3.01. The molecule has 0 fully saturated rings. The van der Waals surface area contributed by atoms with Crippen molar-refractivity contribution in [3.05, 3.63) is 30.1 Å². The van der Waals surface area contributed by atoms with E-state index in [-0.39, 0.29) is 49.2 Å². The second-order valence-electron chi connectivity index (χ2n) is 4.19. The van der Waals surface area contributed by atoms with Gasteiger partial charge >= 0.3 is 0 Å². The summed E-state index contributed by atoms with van der Waals surface area (Å²) >= 11 is 0. The van der Waals surface area contributed by atoms with E-state index >= 15 is 0 Å². The molecule has 1 heterocycles. The molecule has 1 aromatic heterocycles. The van der Waals surface area contributed by atoms with Gasteiger partial charge in [0, 0.05) is 25.2 Å². The number of rotatable bonds is 7. The lowest BCUT2D eigenvalue weighted by Gasteiger charge is -2.19. The van der Waals surface area contributed by atoms with Crippen LogP contribution < -0.4 is 21.5 Å². The molecular weight excluding hydrogens is 312 g/mol. The third-order valence-corrected chi connectivity index (χ3v) is 2.73. The summed E-state index contributed by atoms with van der Waals surface area (Å²) in [5, 5.41) is 17.7. The Hall–Kier alpha value is -0.980. The SMILES string of the molecule is Cc1cc[n+](CCC(=O)N(CCO)CCO)cc1.[Br-]. The van der Waals surface area contributed by atoms with E-state index in [1.54, 1.807) is 0 Å². The number of amides is 1. The number of carbonyl (C=O) groups excluding carboxylic acids is 1. The third-order valence-electron chi connectivity index (χ3n) is 2.73. The summed E-state index contributed by atoms with van der Waals surface area (Å²) in [6.07, 6.45) is 4.24.